The molecule has 106 valence electrons. The molecule has 0 aliphatic heterocycles. The van der Waals surface area contributed by atoms with Gasteiger partial charge in [0.25, 0.3) is 0 Å². The Morgan fingerprint density at radius 3 is 2.83 bits per heavy atom. The Morgan fingerprint density at radius 1 is 1.50 bits per heavy atom. The van der Waals surface area contributed by atoms with E-state index in [4.69, 9.17) is 10.9 Å². The number of hydrogen-bond donors (Lipinski definition) is 3. The second-order valence-electron chi connectivity index (χ2n) is 5.60. The molecule has 0 radical (unpaired) electrons. The first kappa shape index (κ1) is 15.6. The maximum absolute atomic E-state index is 8.73. The molecule has 0 aromatic heterocycles. The van der Waals surface area contributed by atoms with E-state index < -0.39 is 0 Å². The Hall–Kier alpha value is -0.420. The molecule has 1 rings (SSSR count). The average molecular weight is 273 g/mol. The topological polar surface area (TPSA) is 70.6 Å². The number of rotatable bonds is 7. The third-order valence-electron chi connectivity index (χ3n) is 3.79. The molecule has 0 spiro atoms. The van der Waals surface area contributed by atoms with Crippen LogP contribution in [0, 0.1) is 5.41 Å². The molecular formula is C13H27N3OS. The summed E-state index contributed by atoms with van der Waals surface area (Å²) < 4.78 is 0. The van der Waals surface area contributed by atoms with Crippen LogP contribution in [-0.2, 0) is 0 Å². The van der Waals surface area contributed by atoms with Crippen molar-refractivity contribution in [3.63, 3.8) is 0 Å². The van der Waals surface area contributed by atoms with Crippen molar-refractivity contribution < 1.29 is 5.21 Å². The van der Waals surface area contributed by atoms with Crippen LogP contribution in [0.2, 0.25) is 0 Å². The van der Waals surface area contributed by atoms with E-state index in [1.54, 1.807) is 0 Å². The van der Waals surface area contributed by atoms with E-state index in [-0.39, 0.29) is 5.41 Å². The number of oxime groups is 1. The summed E-state index contributed by atoms with van der Waals surface area (Å²) in [5.74, 6) is 1.51. The molecule has 1 aliphatic rings. The summed E-state index contributed by atoms with van der Waals surface area (Å²) in [5, 5.41) is 16.3. The molecule has 0 aromatic carbocycles. The minimum atomic E-state index is -0.242. The molecule has 0 heterocycles. The van der Waals surface area contributed by atoms with Crippen molar-refractivity contribution in [1.82, 2.24) is 5.32 Å². The largest absolute Gasteiger partial charge is 0.409 e. The molecule has 1 aliphatic carbocycles. The van der Waals surface area contributed by atoms with Crippen molar-refractivity contribution >= 4 is 17.6 Å². The second-order valence-corrected chi connectivity index (χ2v) is 7.12. The Kier molecular flexibility index (Phi) is 6.29. The molecule has 1 fully saturated rings. The Balaban J connectivity index is 2.33. The SMILES string of the molecule is CCSC1CCCC1NCCC(C)(C)C(N)=NO. The van der Waals surface area contributed by atoms with E-state index in [1.807, 2.05) is 13.8 Å². The van der Waals surface area contributed by atoms with Gasteiger partial charge in [0.2, 0.25) is 0 Å². The van der Waals surface area contributed by atoms with Gasteiger partial charge in [-0.1, -0.05) is 32.3 Å². The smallest absolute Gasteiger partial charge is 0.144 e. The van der Waals surface area contributed by atoms with Gasteiger partial charge in [0, 0.05) is 16.7 Å². The number of nitrogens with zero attached hydrogens (tertiary/aromatic N) is 1. The lowest BCUT2D eigenvalue weighted by Crippen LogP contribution is -2.39. The standard InChI is InChI=1S/C13H27N3OS/c1-4-18-11-7-5-6-10(11)15-9-8-13(2,3)12(14)16-17/h10-11,15,17H,4-9H2,1-3H3,(H2,14,16). The van der Waals surface area contributed by atoms with E-state index in [9.17, 15) is 0 Å². The summed E-state index contributed by atoms with van der Waals surface area (Å²) in [5.41, 5.74) is 5.45. The Morgan fingerprint density at radius 2 is 2.22 bits per heavy atom. The minimum Gasteiger partial charge on any atom is -0.409 e. The molecule has 2 atom stereocenters. The maximum Gasteiger partial charge on any atom is 0.144 e. The summed E-state index contributed by atoms with van der Waals surface area (Å²) in [6.07, 6.45) is 4.84. The highest BCUT2D eigenvalue weighted by Gasteiger charge is 2.28. The third kappa shape index (κ3) is 4.35. The van der Waals surface area contributed by atoms with Crippen LogP contribution in [0.25, 0.3) is 0 Å². The molecule has 0 saturated heterocycles. The molecule has 5 heteroatoms. The number of amidine groups is 1. The van der Waals surface area contributed by atoms with Crippen molar-refractivity contribution in [3.8, 4) is 0 Å². The van der Waals surface area contributed by atoms with Gasteiger partial charge in [0.1, 0.15) is 5.84 Å². The molecule has 2 unspecified atom stereocenters. The molecule has 1 saturated carbocycles. The monoisotopic (exact) mass is 273 g/mol. The van der Waals surface area contributed by atoms with Crippen LogP contribution in [0.1, 0.15) is 46.5 Å². The normalized spacial score (nSPS) is 25.6. The average Bonchev–Trinajstić information content (AvgIpc) is 2.76. The quantitative estimate of drug-likeness (QED) is 0.288. The molecule has 0 bridgehead atoms. The van der Waals surface area contributed by atoms with Gasteiger partial charge in [0.05, 0.1) is 0 Å². The number of nitrogens with one attached hydrogen (secondary N) is 1. The predicted molar refractivity (Wildman–Crippen MR) is 79.4 cm³/mol. The van der Waals surface area contributed by atoms with E-state index >= 15 is 0 Å². The van der Waals surface area contributed by atoms with Crippen LogP contribution in [0.3, 0.4) is 0 Å². The Labute approximate surface area is 115 Å². The third-order valence-corrected chi connectivity index (χ3v) is 5.12. The molecule has 0 aromatic rings. The lowest BCUT2D eigenvalue weighted by molar-refractivity contribution is 0.304. The first-order valence-corrected chi connectivity index (χ1v) is 7.89. The van der Waals surface area contributed by atoms with Gasteiger partial charge in [-0.15, -0.1) is 0 Å². The van der Waals surface area contributed by atoms with Gasteiger partial charge in [-0.25, -0.2) is 0 Å². The zero-order valence-corrected chi connectivity index (χ0v) is 12.6. The van der Waals surface area contributed by atoms with Gasteiger partial charge in [-0.3, -0.25) is 0 Å². The minimum absolute atomic E-state index is 0.242. The van der Waals surface area contributed by atoms with Crippen LogP contribution in [0.15, 0.2) is 5.16 Å². The lowest BCUT2D eigenvalue weighted by atomic mass is 9.88. The van der Waals surface area contributed by atoms with Crippen LogP contribution in [0.5, 0.6) is 0 Å². The predicted octanol–water partition coefficient (Wildman–Crippen LogP) is 2.41. The zero-order chi connectivity index (χ0) is 13.6. The molecule has 0 amide bonds. The van der Waals surface area contributed by atoms with Crippen molar-refractivity contribution in [2.45, 2.75) is 57.7 Å². The first-order valence-electron chi connectivity index (χ1n) is 6.84. The summed E-state index contributed by atoms with van der Waals surface area (Å²) in [4.78, 5) is 0. The van der Waals surface area contributed by atoms with Crippen molar-refractivity contribution in [2.75, 3.05) is 12.3 Å². The zero-order valence-electron chi connectivity index (χ0n) is 11.8. The summed E-state index contributed by atoms with van der Waals surface area (Å²) in [6, 6.07) is 0.637. The van der Waals surface area contributed by atoms with E-state index in [0.717, 1.165) is 18.2 Å². The van der Waals surface area contributed by atoms with E-state index in [1.165, 1.54) is 25.0 Å². The molecule has 4 N–H and O–H groups in total. The fraction of sp³-hybridized carbons (Fsp3) is 0.923. The number of hydrogen-bond acceptors (Lipinski definition) is 4. The molecule has 4 nitrogen and oxygen atoms in total. The highest BCUT2D eigenvalue weighted by molar-refractivity contribution is 7.99. The van der Waals surface area contributed by atoms with Crippen molar-refractivity contribution in [2.24, 2.45) is 16.3 Å². The van der Waals surface area contributed by atoms with Gasteiger partial charge >= 0.3 is 0 Å². The van der Waals surface area contributed by atoms with Gasteiger partial charge in [0.15, 0.2) is 0 Å². The fourth-order valence-electron chi connectivity index (χ4n) is 2.41. The van der Waals surface area contributed by atoms with E-state index in [2.05, 4.69) is 29.2 Å². The number of nitrogens with two attached hydrogens (primary N) is 1. The van der Waals surface area contributed by atoms with Gasteiger partial charge in [-0.05, 0) is 31.6 Å². The van der Waals surface area contributed by atoms with Gasteiger partial charge in [-0.2, -0.15) is 11.8 Å². The number of thioether (sulfide) groups is 1. The van der Waals surface area contributed by atoms with Crippen LogP contribution in [-0.4, -0.2) is 34.6 Å². The fourth-order valence-corrected chi connectivity index (χ4v) is 3.63. The highest BCUT2D eigenvalue weighted by Crippen LogP contribution is 2.30. The molecule has 18 heavy (non-hydrogen) atoms. The van der Waals surface area contributed by atoms with Crippen LogP contribution < -0.4 is 11.1 Å². The highest BCUT2D eigenvalue weighted by atomic mass is 32.2. The van der Waals surface area contributed by atoms with Crippen molar-refractivity contribution in [1.29, 1.82) is 0 Å². The summed E-state index contributed by atoms with van der Waals surface area (Å²) >= 11 is 2.06. The maximum atomic E-state index is 8.73. The van der Waals surface area contributed by atoms with Crippen molar-refractivity contribution in [3.05, 3.63) is 0 Å². The second kappa shape index (κ2) is 7.24. The van der Waals surface area contributed by atoms with Crippen LogP contribution in [0.4, 0.5) is 0 Å². The summed E-state index contributed by atoms with van der Waals surface area (Å²) in [7, 11) is 0. The van der Waals surface area contributed by atoms with E-state index in [0.29, 0.717) is 11.9 Å². The molecular weight excluding hydrogens is 246 g/mol. The Bertz CT molecular complexity index is 281. The van der Waals surface area contributed by atoms with Crippen LogP contribution >= 0.6 is 11.8 Å². The first-order chi connectivity index (χ1) is 8.51. The summed E-state index contributed by atoms with van der Waals surface area (Å²) in [6.45, 7) is 7.17. The van der Waals surface area contributed by atoms with Gasteiger partial charge < -0.3 is 16.3 Å². The lowest BCUT2D eigenvalue weighted by Gasteiger charge is -2.25.